The second kappa shape index (κ2) is 5.63. The standard InChI is InChI=1S/C16H12F3N3/c17-16(18,19)13-3-1-2-11(8-13)9-14-10-15(22-21-14)12-4-6-20-7-5-12/h1-8,10H,9H2,(H,21,22). The van der Waals surface area contributed by atoms with Gasteiger partial charge in [0.05, 0.1) is 11.3 Å². The normalized spacial score (nSPS) is 11.6. The predicted octanol–water partition coefficient (Wildman–Crippen LogP) is 4.08. The zero-order valence-electron chi connectivity index (χ0n) is 11.4. The van der Waals surface area contributed by atoms with Gasteiger partial charge in [-0.25, -0.2) is 0 Å². The van der Waals surface area contributed by atoms with Crippen LogP contribution in [0.4, 0.5) is 13.2 Å². The van der Waals surface area contributed by atoms with Crippen molar-refractivity contribution in [2.45, 2.75) is 12.6 Å². The van der Waals surface area contributed by atoms with Crippen LogP contribution >= 0.6 is 0 Å². The number of benzene rings is 1. The number of halogens is 3. The number of nitrogens with zero attached hydrogens (tertiary/aromatic N) is 2. The fourth-order valence-corrected chi connectivity index (χ4v) is 2.20. The number of pyridine rings is 1. The van der Waals surface area contributed by atoms with Gasteiger partial charge in [0.15, 0.2) is 0 Å². The van der Waals surface area contributed by atoms with Crippen molar-refractivity contribution in [1.82, 2.24) is 15.2 Å². The highest BCUT2D eigenvalue weighted by atomic mass is 19.4. The van der Waals surface area contributed by atoms with Crippen molar-refractivity contribution < 1.29 is 13.2 Å². The molecule has 1 N–H and O–H groups in total. The molecular weight excluding hydrogens is 291 g/mol. The van der Waals surface area contributed by atoms with Gasteiger partial charge in [0.1, 0.15) is 0 Å². The summed E-state index contributed by atoms with van der Waals surface area (Å²) in [6.45, 7) is 0. The van der Waals surface area contributed by atoms with Crippen molar-refractivity contribution >= 4 is 0 Å². The van der Waals surface area contributed by atoms with Gasteiger partial charge < -0.3 is 0 Å². The quantitative estimate of drug-likeness (QED) is 0.792. The summed E-state index contributed by atoms with van der Waals surface area (Å²) in [6.07, 6.45) is -0.638. The molecule has 0 fully saturated rings. The van der Waals surface area contributed by atoms with E-state index in [1.165, 1.54) is 6.07 Å². The molecule has 3 aromatic rings. The molecule has 0 amide bonds. The smallest absolute Gasteiger partial charge is 0.282 e. The molecule has 2 heterocycles. The van der Waals surface area contributed by atoms with Crippen LogP contribution in [0.25, 0.3) is 11.3 Å². The molecule has 3 rings (SSSR count). The van der Waals surface area contributed by atoms with Crippen molar-refractivity contribution in [3.05, 3.63) is 71.7 Å². The first kappa shape index (κ1) is 14.3. The maximum atomic E-state index is 12.7. The van der Waals surface area contributed by atoms with Crippen LogP contribution in [0.15, 0.2) is 54.9 Å². The Bertz CT molecular complexity index is 764. The largest absolute Gasteiger partial charge is 0.416 e. The van der Waals surface area contributed by atoms with Crippen LogP contribution in [-0.2, 0) is 12.6 Å². The fraction of sp³-hybridized carbons (Fsp3) is 0.125. The first-order valence-corrected chi connectivity index (χ1v) is 6.63. The third-order valence-corrected chi connectivity index (χ3v) is 3.26. The van der Waals surface area contributed by atoms with E-state index in [4.69, 9.17) is 0 Å². The van der Waals surface area contributed by atoms with Crippen LogP contribution in [0.2, 0.25) is 0 Å². The first-order valence-electron chi connectivity index (χ1n) is 6.63. The van der Waals surface area contributed by atoms with E-state index in [1.807, 2.05) is 18.2 Å². The summed E-state index contributed by atoms with van der Waals surface area (Å²) in [4.78, 5) is 3.93. The van der Waals surface area contributed by atoms with Gasteiger partial charge in [0.25, 0.3) is 0 Å². The number of aromatic nitrogens is 3. The second-order valence-electron chi connectivity index (χ2n) is 4.89. The molecule has 0 atom stereocenters. The minimum atomic E-state index is -4.33. The van der Waals surface area contributed by atoms with Crippen molar-refractivity contribution in [1.29, 1.82) is 0 Å². The molecule has 0 aliphatic heterocycles. The van der Waals surface area contributed by atoms with E-state index in [2.05, 4.69) is 15.2 Å². The molecule has 0 bridgehead atoms. The summed E-state index contributed by atoms with van der Waals surface area (Å²) in [5, 5.41) is 7.04. The molecule has 1 aromatic carbocycles. The van der Waals surface area contributed by atoms with E-state index >= 15 is 0 Å². The summed E-state index contributed by atoms with van der Waals surface area (Å²) >= 11 is 0. The van der Waals surface area contributed by atoms with Crippen LogP contribution < -0.4 is 0 Å². The van der Waals surface area contributed by atoms with Crippen molar-refractivity contribution in [2.75, 3.05) is 0 Å². The summed E-state index contributed by atoms with van der Waals surface area (Å²) in [5.41, 5.74) is 2.34. The van der Waals surface area contributed by atoms with E-state index in [1.54, 1.807) is 18.5 Å². The van der Waals surface area contributed by atoms with Gasteiger partial charge in [-0.2, -0.15) is 18.3 Å². The Labute approximate surface area is 124 Å². The number of aromatic amines is 1. The molecule has 22 heavy (non-hydrogen) atoms. The molecule has 0 aliphatic rings. The third-order valence-electron chi connectivity index (χ3n) is 3.26. The second-order valence-corrected chi connectivity index (χ2v) is 4.89. The first-order chi connectivity index (χ1) is 10.5. The maximum absolute atomic E-state index is 12.7. The molecule has 0 saturated heterocycles. The lowest BCUT2D eigenvalue weighted by Crippen LogP contribution is -2.05. The van der Waals surface area contributed by atoms with Crippen LogP contribution in [0.5, 0.6) is 0 Å². The Morgan fingerprint density at radius 3 is 2.50 bits per heavy atom. The predicted molar refractivity (Wildman–Crippen MR) is 76.1 cm³/mol. The molecule has 0 spiro atoms. The monoisotopic (exact) mass is 303 g/mol. The number of alkyl halides is 3. The molecule has 6 heteroatoms. The average Bonchev–Trinajstić information content (AvgIpc) is 2.96. The molecule has 0 radical (unpaired) electrons. The van der Waals surface area contributed by atoms with Gasteiger partial charge in [-0.15, -0.1) is 0 Å². The zero-order valence-corrected chi connectivity index (χ0v) is 11.4. The molecule has 0 aliphatic carbocycles. The van der Waals surface area contributed by atoms with Crippen molar-refractivity contribution in [3.63, 3.8) is 0 Å². The minimum Gasteiger partial charge on any atom is -0.282 e. The topological polar surface area (TPSA) is 41.6 Å². The van der Waals surface area contributed by atoms with Crippen molar-refractivity contribution in [2.24, 2.45) is 0 Å². The Balaban J connectivity index is 1.81. The van der Waals surface area contributed by atoms with Crippen LogP contribution in [0.3, 0.4) is 0 Å². The van der Waals surface area contributed by atoms with E-state index in [9.17, 15) is 13.2 Å². The number of nitrogens with one attached hydrogen (secondary N) is 1. The van der Waals surface area contributed by atoms with Gasteiger partial charge >= 0.3 is 6.18 Å². The highest BCUT2D eigenvalue weighted by Gasteiger charge is 2.30. The van der Waals surface area contributed by atoms with E-state index in [-0.39, 0.29) is 0 Å². The van der Waals surface area contributed by atoms with E-state index in [0.29, 0.717) is 12.0 Å². The number of H-pyrrole nitrogens is 1. The maximum Gasteiger partial charge on any atom is 0.416 e. The number of hydrogen-bond donors (Lipinski definition) is 1. The minimum absolute atomic E-state index is 0.363. The number of rotatable bonds is 3. The van der Waals surface area contributed by atoms with Gasteiger partial charge in [0.2, 0.25) is 0 Å². The van der Waals surface area contributed by atoms with Crippen LogP contribution in [-0.4, -0.2) is 15.2 Å². The van der Waals surface area contributed by atoms with E-state index in [0.717, 1.165) is 29.1 Å². The Kier molecular flexibility index (Phi) is 3.66. The van der Waals surface area contributed by atoms with Gasteiger partial charge in [-0.05, 0) is 29.8 Å². The van der Waals surface area contributed by atoms with E-state index < -0.39 is 11.7 Å². The van der Waals surface area contributed by atoms with Gasteiger partial charge in [0, 0.05) is 30.1 Å². The molecule has 0 saturated carbocycles. The molecule has 3 nitrogen and oxygen atoms in total. The third kappa shape index (κ3) is 3.16. The molecule has 0 unspecified atom stereocenters. The summed E-state index contributed by atoms with van der Waals surface area (Å²) in [7, 11) is 0. The Hall–Kier alpha value is -2.63. The lowest BCUT2D eigenvalue weighted by Gasteiger charge is -2.07. The van der Waals surface area contributed by atoms with Gasteiger partial charge in [-0.3, -0.25) is 10.1 Å². The fourth-order valence-electron chi connectivity index (χ4n) is 2.20. The SMILES string of the molecule is FC(F)(F)c1cccc(Cc2cc(-c3ccncc3)n[nH]2)c1. The van der Waals surface area contributed by atoms with Gasteiger partial charge in [-0.1, -0.05) is 18.2 Å². The molecular formula is C16H12F3N3. The summed E-state index contributed by atoms with van der Waals surface area (Å²) in [5.74, 6) is 0. The summed E-state index contributed by atoms with van der Waals surface area (Å²) in [6, 6.07) is 10.8. The lowest BCUT2D eigenvalue weighted by atomic mass is 10.1. The highest BCUT2D eigenvalue weighted by molar-refractivity contribution is 5.58. The van der Waals surface area contributed by atoms with Crippen molar-refractivity contribution in [3.8, 4) is 11.3 Å². The number of hydrogen-bond acceptors (Lipinski definition) is 2. The average molecular weight is 303 g/mol. The Morgan fingerprint density at radius 1 is 1.00 bits per heavy atom. The lowest BCUT2D eigenvalue weighted by molar-refractivity contribution is -0.137. The highest BCUT2D eigenvalue weighted by Crippen LogP contribution is 2.30. The zero-order chi connectivity index (χ0) is 15.6. The molecule has 2 aromatic heterocycles. The van der Waals surface area contributed by atoms with Crippen LogP contribution in [0, 0.1) is 0 Å². The van der Waals surface area contributed by atoms with Crippen LogP contribution in [0.1, 0.15) is 16.8 Å². The Morgan fingerprint density at radius 2 is 1.77 bits per heavy atom. The summed E-state index contributed by atoms with van der Waals surface area (Å²) < 4.78 is 38.1. The molecule has 112 valence electrons.